The lowest BCUT2D eigenvalue weighted by Gasteiger charge is -2.31. The molecule has 2 aromatic heterocycles. The first-order chi connectivity index (χ1) is 18.9. The highest BCUT2D eigenvalue weighted by atomic mass is 19.1. The number of fused-ring (bicyclic) bond motifs is 2. The van der Waals surface area contributed by atoms with Crippen LogP contribution in [-0.4, -0.2) is 60.0 Å². The van der Waals surface area contributed by atoms with Gasteiger partial charge in [-0.3, -0.25) is 24.8 Å². The molecule has 1 saturated heterocycles. The fraction of sp³-hybridized carbons (Fsp3) is 0.259. The summed E-state index contributed by atoms with van der Waals surface area (Å²) in [7, 11) is 1.59. The van der Waals surface area contributed by atoms with E-state index in [1.54, 1.807) is 25.4 Å². The molecular weight excluding hydrogens is 503 g/mol. The molecule has 2 aromatic carbocycles. The summed E-state index contributed by atoms with van der Waals surface area (Å²) in [6.07, 6.45) is 3.61. The summed E-state index contributed by atoms with van der Waals surface area (Å²) < 4.78 is 20.0. The zero-order valence-electron chi connectivity index (χ0n) is 21.3. The van der Waals surface area contributed by atoms with E-state index < -0.39 is 11.7 Å². The number of amides is 2. The summed E-state index contributed by atoms with van der Waals surface area (Å²) in [5.41, 5.74) is 8.51. The van der Waals surface area contributed by atoms with Gasteiger partial charge >= 0.3 is 5.95 Å². The highest BCUT2D eigenvalue weighted by molar-refractivity contribution is 6.01. The second-order valence-electron chi connectivity index (χ2n) is 9.58. The van der Waals surface area contributed by atoms with Gasteiger partial charge in [-0.05, 0) is 55.8 Å². The first-order valence-electron chi connectivity index (χ1n) is 12.7. The molecule has 0 bridgehead atoms. The first-order valence-corrected chi connectivity index (χ1v) is 12.7. The van der Waals surface area contributed by atoms with Crippen LogP contribution in [0.2, 0.25) is 0 Å². The molecular formula is C27H28FN8O3+. The van der Waals surface area contributed by atoms with Crippen LogP contribution < -0.4 is 31.0 Å². The Hall–Kier alpha value is -4.71. The molecule has 11 nitrogen and oxygen atoms in total. The van der Waals surface area contributed by atoms with E-state index in [1.165, 1.54) is 12.1 Å². The summed E-state index contributed by atoms with van der Waals surface area (Å²) >= 11 is 0. The number of aromatic amines is 2. The number of nitrogens with one attached hydrogen (secondary N) is 4. The van der Waals surface area contributed by atoms with E-state index in [0.717, 1.165) is 37.2 Å². The number of anilines is 5. The van der Waals surface area contributed by atoms with E-state index >= 15 is 0 Å². The number of halogens is 1. The fourth-order valence-corrected chi connectivity index (χ4v) is 5.03. The SMILES string of the molecule is COc1cc2c(cc1Nc1nc(Nc3cccc(F)c3C(N)=O)c3cc[nH]c3[nH+]1)N(C(=O)CN1CCC1)CC2. The van der Waals surface area contributed by atoms with E-state index in [4.69, 9.17) is 10.5 Å². The highest BCUT2D eigenvalue weighted by Gasteiger charge is 2.30. The van der Waals surface area contributed by atoms with Gasteiger partial charge in [0.1, 0.15) is 11.5 Å². The van der Waals surface area contributed by atoms with Crippen LogP contribution in [0.3, 0.4) is 0 Å². The zero-order valence-corrected chi connectivity index (χ0v) is 21.3. The predicted octanol–water partition coefficient (Wildman–Crippen LogP) is 2.71. The number of hydrogen-bond acceptors (Lipinski definition) is 7. The highest BCUT2D eigenvalue weighted by Crippen LogP contribution is 2.38. The summed E-state index contributed by atoms with van der Waals surface area (Å²) in [5, 5.41) is 7.00. The number of ether oxygens (including phenoxy) is 1. The smallest absolute Gasteiger partial charge is 0.351 e. The van der Waals surface area contributed by atoms with E-state index in [2.05, 4.69) is 30.5 Å². The standard InChI is InChI=1S/C27H27FN8O3/c1-39-21-12-15-7-11-36(22(37)14-35-9-3-10-35)20(15)13-19(21)32-27-33-25-16(6-8-30-25)26(34-27)31-18-5-2-4-17(28)23(18)24(29)38/h2,4-6,8,12-13H,3,7,9-11,14H2,1H3,(H2,29,38)(H3,30,31,32,33,34)/p+1. The summed E-state index contributed by atoms with van der Waals surface area (Å²) in [5.74, 6) is -0.226. The van der Waals surface area contributed by atoms with Gasteiger partial charge in [-0.1, -0.05) is 11.1 Å². The van der Waals surface area contributed by atoms with Crippen molar-refractivity contribution in [2.45, 2.75) is 12.8 Å². The largest absolute Gasteiger partial charge is 0.493 e. The number of methoxy groups -OCH3 is 1. The van der Waals surface area contributed by atoms with E-state index in [9.17, 15) is 14.0 Å². The molecule has 12 heteroatoms. The Kier molecular flexibility index (Phi) is 6.23. The second kappa shape index (κ2) is 9.87. The molecule has 1 fully saturated rings. The number of carbonyl (C=O) groups is 2. The van der Waals surface area contributed by atoms with Crippen molar-refractivity contribution in [2.75, 3.05) is 48.8 Å². The summed E-state index contributed by atoms with van der Waals surface area (Å²) in [6.45, 7) is 2.95. The Morgan fingerprint density at radius 3 is 2.77 bits per heavy atom. The summed E-state index contributed by atoms with van der Waals surface area (Å²) in [6, 6.07) is 9.85. The van der Waals surface area contributed by atoms with Crippen molar-refractivity contribution in [3.63, 3.8) is 0 Å². The van der Waals surface area contributed by atoms with Crippen LogP contribution in [0.15, 0.2) is 42.6 Å². The molecule has 6 rings (SSSR count). The van der Waals surface area contributed by atoms with Gasteiger partial charge in [0.15, 0.2) is 5.75 Å². The van der Waals surface area contributed by atoms with Crippen LogP contribution in [-0.2, 0) is 11.2 Å². The Bertz CT molecular complexity index is 1600. The summed E-state index contributed by atoms with van der Waals surface area (Å²) in [4.78, 5) is 39.9. The minimum atomic E-state index is -0.891. The van der Waals surface area contributed by atoms with Gasteiger partial charge < -0.3 is 20.7 Å². The molecule has 0 aliphatic carbocycles. The third-order valence-corrected chi connectivity index (χ3v) is 7.14. The molecule has 0 spiro atoms. The predicted molar refractivity (Wildman–Crippen MR) is 144 cm³/mol. The lowest BCUT2D eigenvalue weighted by atomic mass is 10.1. The first kappa shape index (κ1) is 24.6. The Labute approximate surface area is 223 Å². The number of aromatic nitrogens is 3. The third kappa shape index (κ3) is 4.59. The Morgan fingerprint density at radius 2 is 2.03 bits per heavy atom. The van der Waals surface area contributed by atoms with Crippen molar-refractivity contribution in [1.29, 1.82) is 0 Å². The number of nitrogens with two attached hydrogens (primary N) is 1. The van der Waals surface area contributed by atoms with Crippen molar-refractivity contribution in [3.05, 3.63) is 59.5 Å². The quantitative estimate of drug-likeness (QED) is 0.274. The number of likely N-dealkylation sites (tertiary alicyclic amines) is 1. The number of carbonyl (C=O) groups excluding carboxylic acids is 2. The van der Waals surface area contributed by atoms with Gasteiger partial charge in [-0.2, -0.15) is 0 Å². The van der Waals surface area contributed by atoms with Gasteiger partial charge in [0.25, 0.3) is 5.91 Å². The topological polar surface area (TPSA) is 143 Å². The number of nitrogens with zero attached hydrogens (tertiary/aromatic N) is 3. The van der Waals surface area contributed by atoms with E-state index in [1.807, 2.05) is 17.0 Å². The van der Waals surface area contributed by atoms with Crippen LogP contribution in [0.25, 0.3) is 11.0 Å². The number of H-pyrrole nitrogens is 2. The number of rotatable bonds is 8. The van der Waals surface area contributed by atoms with Gasteiger partial charge in [0, 0.05) is 18.8 Å². The molecule has 2 aliphatic rings. The molecule has 2 amide bonds. The molecule has 0 saturated carbocycles. The van der Waals surface area contributed by atoms with Crippen molar-refractivity contribution in [2.24, 2.45) is 5.73 Å². The Morgan fingerprint density at radius 1 is 1.18 bits per heavy atom. The zero-order chi connectivity index (χ0) is 27.1. The van der Waals surface area contributed by atoms with Crippen LogP contribution in [0.5, 0.6) is 5.75 Å². The molecule has 0 unspecified atom stereocenters. The molecule has 4 heterocycles. The van der Waals surface area contributed by atoms with Gasteiger partial charge in [-0.25, -0.2) is 9.37 Å². The van der Waals surface area contributed by atoms with E-state index in [0.29, 0.717) is 47.3 Å². The minimum Gasteiger partial charge on any atom is -0.493 e. The second-order valence-corrected chi connectivity index (χ2v) is 9.58. The van der Waals surface area contributed by atoms with E-state index in [-0.39, 0.29) is 17.2 Å². The maximum absolute atomic E-state index is 14.4. The van der Waals surface area contributed by atoms with Crippen LogP contribution in [0.1, 0.15) is 22.3 Å². The number of benzene rings is 2. The monoisotopic (exact) mass is 531 g/mol. The lowest BCUT2D eigenvalue weighted by Crippen LogP contribution is -2.45. The molecule has 2 aliphatic heterocycles. The molecule has 39 heavy (non-hydrogen) atoms. The average molecular weight is 532 g/mol. The normalized spacial score (nSPS) is 14.7. The molecule has 6 N–H and O–H groups in total. The molecule has 0 atom stereocenters. The van der Waals surface area contributed by atoms with Gasteiger partial charge in [-0.15, -0.1) is 0 Å². The van der Waals surface area contributed by atoms with Crippen molar-refractivity contribution in [3.8, 4) is 5.75 Å². The maximum Gasteiger partial charge on any atom is 0.351 e. The van der Waals surface area contributed by atoms with Crippen LogP contribution in [0.4, 0.5) is 33.2 Å². The van der Waals surface area contributed by atoms with Crippen molar-refractivity contribution in [1.82, 2.24) is 14.9 Å². The number of primary amides is 1. The Balaban J connectivity index is 1.34. The fourth-order valence-electron chi connectivity index (χ4n) is 5.03. The van der Waals surface area contributed by atoms with Crippen molar-refractivity contribution < 1.29 is 23.7 Å². The third-order valence-electron chi connectivity index (χ3n) is 7.14. The lowest BCUT2D eigenvalue weighted by molar-refractivity contribution is -0.333. The number of hydrogen-bond donors (Lipinski definition) is 4. The van der Waals surface area contributed by atoms with Gasteiger partial charge in [0.05, 0.1) is 36.0 Å². The molecule has 200 valence electrons. The van der Waals surface area contributed by atoms with Crippen molar-refractivity contribution >= 4 is 51.7 Å². The van der Waals surface area contributed by atoms with Crippen LogP contribution >= 0.6 is 0 Å². The minimum absolute atomic E-state index is 0.0777. The average Bonchev–Trinajstić information content (AvgIpc) is 3.52. The molecule has 0 radical (unpaired) electrons. The van der Waals surface area contributed by atoms with Crippen LogP contribution in [0, 0.1) is 5.82 Å². The van der Waals surface area contributed by atoms with Gasteiger partial charge in [0.2, 0.25) is 17.4 Å². The maximum atomic E-state index is 14.4. The molecule has 4 aromatic rings.